The number of carbonyl (C=O) groups is 1. The predicted octanol–water partition coefficient (Wildman–Crippen LogP) is 2.24. The number of aromatic nitrogens is 1. The van der Waals surface area contributed by atoms with Crippen LogP contribution >= 0.6 is 0 Å². The van der Waals surface area contributed by atoms with Crippen molar-refractivity contribution in [2.75, 3.05) is 5.32 Å². The first-order chi connectivity index (χ1) is 7.25. The topological polar surface area (TPSA) is 55.1 Å². The molecule has 2 rings (SSSR count). The molecule has 0 fully saturated rings. The molecule has 2 aromatic rings. The number of oxazole rings is 1. The van der Waals surface area contributed by atoms with E-state index < -0.39 is 0 Å². The largest absolute Gasteiger partial charge is 0.436 e. The van der Waals surface area contributed by atoms with Crippen LogP contribution in [0.1, 0.15) is 16.4 Å². The second-order valence-corrected chi connectivity index (χ2v) is 3.06. The summed E-state index contributed by atoms with van der Waals surface area (Å²) in [5.74, 6) is 0.409. The highest BCUT2D eigenvalue weighted by Crippen LogP contribution is 2.09. The summed E-state index contributed by atoms with van der Waals surface area (Å²) in [5, 5.41) is 2.70. The molecule has 76 valence electrons. The number of para-hydroxylation sites is 1. The monoisotopic (exact) mass is 202 g/mol. The van der Waals surface area contributed by atoms with Crippen LogP contribution in [0.25, 0.3) is 0 Å². The zero-order valence-electron chi connectivity index (χ0n) is 8.23. The van der Waals surface area contributed by atoms with Gasteiger partial charge < -0.3 is 9.73 Å². The molecule has 0 spiro atoms. The zero-order chi connectivity index (χ0) is 10.7. The first-order valence-electron chi connectivity index (χ1n) is 4.54. The third-order valence-corrected chi connectivity index (χ3v) is 1.88. The van der Waals surface area contributed by atoms with Gasteiger partial charge >= 0.3 is 0 Å². The van der Waals surface area contributed by atoms with Gasteiger partial charge in [-0.1, -0.05) is 18.2 Å². The minimum atomic E-state index is -0.290. The molecule has 0 radical (unpaired) electrons. The van der Waals surface area contributed by atoms with Crippen molar-refractivity contribution < 1.29 is 9.21 Å². The minimum absolute atomic E-state index is 0.219. The predicted molar refractivity (Wildman–Crippen MR) is 55.6 cm³/mol. The van der Waals surface area contributed by atoms with E-state index in [9.17, 15) is 4.79 Å². The Bertz CT molecular complexity index is 462. The zero-order valence-corrected chi connectivity index (χ0v) is 8.23. The maximum Gasteiger partial charge on any atom is 0.293 e. The normalized spacial score (nSPS) is 9.93. The van der Waals surface area contributed by atoms with Crippen LogP contribution < -0.4 is 5.32 Å². The van der Waals surface area contributed by atoms with Gasteiger partial charge in [0.05, 0.1) is 6.20 Å². The first kappa shape index (κ1) is 9.45. The lowest BCUT2D eigenvalue weighted by atomic mass is 10.3. The molecule has 1 aromatic carbocycles. The quantitative estimate of drug-likeness (QED) is 0.812. The van der Waals surface area contributed by atoms with Crippen molar-refractivity contribution in [3.63, 3.8) is 0 Å². The maximum atomic E-state index is 11.6. The Morgan fingerprint density at radius 3 is 2.67 bits per heavy atom. The number of anilines is 1. The maximum absolute atomic E-state index is 11.6. The van der Waals surface area contributed by atoms with Crippen molar-refractivity contribution in [2.45, 2.75) is 6.92 Å². The number of amides is 1. The van der Waals surface area contributed by atoms with Gasteiger partial charge in [0.15, 0.2) is 5.89 Å². The van der Waals surface area contributed by atoms with Crippen LogP contribution in [0.3, 0.4) is 0 Å². The molecule has 0 unspecified atom stereocenters. The van der Waals surface area contributed by atoms with Crippen molar-refractivity contribution in [3.8, 4) is 0 Å². The number of aryl methyl sites for hydroxylation is 1. The van der Waals surface area contributed by atoms with Crippen molar-refractivity contribution in [3.05, 3.63) is 48.2 Å². The highest BCUT2D eigenvalue weighted by molar-refractivity contribution is 6.01. The average Bonchev–Trinajstić information content (AvgIpc) is 2.66. The Labute approximate surface area is 86.9 Å². The number of hydrogen-bond acceptors (Lipinski definition) is 3. The van der Waals surface area contributed by atoms with Gasteiger partial charge in [-0.05, 0) is 12.1 Å². The van der Waals surface area contributed by atoms with Gasteiger partial charge in [0.2, 0.25) is 5.76 Å². The van der Waals surface area contributed by atoms with E-state index in [1.165, 1.54) is 6.20 Å². The lowest BCUT2D eigenvalue weighted by Gasteiger charge is -2.00. The second kappa shape index (κ2) is 3.96. The van der Waals surface area contributed by atoms with E-state index in [4.69, 9.17) is 4.42 Å². The van der Waals surface area contributed by atoms with Gasteiger partial charge in [0.1, 0.15) is 0 Å². The molecular formula is C11H10N2O2. The number of hydrogen-bond donors (Lipinski definition) is 1. The van der Waals surface area contributed by atoms with E-state index in [0.29, 0.717) is 5.89 Å². The number of rotatable bonds is 2. The molecule has 0 atom stereocenters. The number of carbonyl (C=O) groups excluding carboxylic acids is 1. The molecule has 1 N–H and O–H groups in total. The number of nitrogens with zero attached hydrogens (tertiary/aromatic N) is 1. The SMILES string of the molecule is Cc1ncc(C(=O)Nc2ccccc2)o1. The molecule has 0 aliphatic carbocycles. The fraction of sp³-hybridized carbons (Fsp3) is 0.0909. The van der Waals surface area contributed by atoms with Crippen LogP contribution in [0.4, 0.5) is 5.69 Å². The molecule has 4 nitrogen and oxygen atoms in total. The van der Waals surface area contributed by atoms with Crippen LogP contribution in [0, 0.1) is 6.92 Å². The smallest absolute Gasteiger partial charge is 0.293 e. The van der Waals surface area contributed by atoms with E-state index >= 15 is 0 Å². The van der Waals surface area contributed by atoms with E-state index in [2.05, 4.69) is 10.3 Å². The van der Waals surface area contributed by atoms with Crippen LogP contribution in [0.5, 0.6) is 0 Å². The average molecular weight is 202 g/mol. The Morgan fingerprint density at radius 2 is 2.07 bits per heavy atom. The van der Waals surface area contributed by atoms with Gasteiger partial charge in [-0.2, -0.15) is 0 Å². The van der Waals surface area contributed by atoms with Crippen molar-refractivity contribution in [2.24, 2.45) is 0 Å². The van der Waals surface area contributed by atoms with Gasteiger partial charge in [-0.15, -0.1) is 0 Å². The van der Waals surface area contributed by atoms with Crippen molar-refractivity contribution in [1.29, 1.82) is 0 Å². The summed E-state index contributed by atoms with van der Waals surface area (Å²) in [6.45, 7) is 1.69. The molecule has 0 saturated carbocycles. The summed E-state index contributed by atoms with van der Waals surface area (Å²) < 4.78 is 5.09. The fourth-order valence-electron chi connectivity index (χ4n) is 1.18. The van der Waals surface area contributed by atoms with E-state index in [0.717, 1.165) is 5.69 Å². The van der Waals surface area contributed by atoms with Crippen molar-refractivity contribution >= 4 is 11.6 Å². The fourth-order valence-corrected chi connectivity index (χ4v) is 1.18. The summed E-state index contributed by atoms with van der Waals surface area (Å²) in [4.78, 5) is 15.4. The molecule has 0 aliphatic rings. The molecule has 1 amide bonds. The molecule has 15 heavy (non-hydrogen) atoms. The Kier molecular flexibility index (Phi) is 2.49. The minimum Gasteiger partial charge on any atom is -0.436 e. The third kappa shape index (κ3) is 2.22. The van der Waals surface area contributed by atoms with Gasteiger partial charge in [0.25, 0.3) is 5.91 Å². The Morgan fingerprint density at radius 1 is 1.33 bits per heavy atom. The van der Waals surface area contributed by atoms with Crippen LogP contribution in [0.2, 0.25) is 0 Å². The molecule has 0 aliphatic heterocycles. The summed E-state index contributed by atoms with van der Waals surface area (Å²) in [7, 11) is 0. The van der Waals surface area contributed by atoms with Crippen LogP contribution in [-0.4, -0.2) is 10.9 Å². The van der Waals surface area contributed by atoms with E-state index in [-0.39, 0.29) is 11.7 Å². The van der Waals surface area contributed by atoms with Crippen LogP contribution in [-0.2, 0) is 0 Å². The lowest BCUT2D eigenvalue weighted by molar-refractivity contribution is 0.0995. The Hall–Kier alpha value is -2.10. The van der Waals surface area contributed by atoms with Gasteiger partial charge in [-0.3, -0.25) is 4.79 Å². The molecule has 0 saturated heterocycles. The number of nitrogens with one attached hydrogen (secondary N) is 1. The first-order valence-corrected chi connectivity index (χ1v) is 4.54. The molecule has 1 aromatic heterocycles. The summed E-state index contributed by atoms with van der Waals surface area (Å²) >= 11 is 0. The summed E-state index contributed by atoms with van der Waals surface area (Å²) in [6.07, 6.45) is 1.41. The third-order valence-electron chi connectivity index (χ3n) is 1.88. The van der Waals surface area contributed by atoms with E-state index in [1.807, 2.05) is 18.2 Å². The van der Waals surface area contributed by atoms with E-state index in [1.54, 1.807) is 19.1 Å². The molecular weight excluding hydrogens is 192 g/mol. The van der Waals surface area contributed by atoms with Crippen LogP contribution in [0.15, 0.2) is 40.9 Å². The summed E-state index contributed by atoms with van der Waals surface area (Å²) in [5.41, 5.74) is 0.733. The molecule has 4 heteroatoms. The summed E-state index contributed by atoms with van der Waals surface area (Å²) in [6, 6.07) is 9.19. The highest BCUT2D eigenvalue weighted by Gasteiger charge is 2.10. The molecule has 0 bridgehead atoms. The Balaban J connectivity index is 2.11. The van der Waals surface area contributed by atoms with Gasteiger partial charge in [-0.25, -0.2) is 4.98 Å². The molecule has 1 heterocycles. The standard InChI is InChI=1S/C11H10N2O2/c1-8-12-7-10(15-8)11(14)13-9-5-3-2-4-6-9/h2-7H,1H3,(H,13,14). The lowest BCUT2D eigenvalue weighted by Crippen LogP contribution is -2.10. The van der Waals surface area contributed by atoms with Crippen molar-refractivity contribution in [1.82, 2.24) is 4.98 Å². The highest BCUT2D eigenvalue weighted by atomic mass is 16.4. The number of benzene rings is 1. The second-order valence-electron chi connectivity index (χ2n) is 3.06. The van der Waals surface area contributed by atoms with Gasteiger partial charge in [0, 0.05) is 12.6 Å².